The van der Waals surface area contributed by atoms with Crippen molar-refractivity contribution >= 4 is 22.7 Å². The standard InChI is InChI=1S/C18H25N3OS/c1-3-23-14-9-8-13(12-14)21(2)11-10-17-19-16-7-5-4-6-15(16)18(22)20-17/h4-7,13-14H,3,8-12H2,1-2H3,(H,19,20,22)/t13-,14-/m0/s1. The molecule has 2 aromatic rings. The van der Waals surface area contributed by atoms with Gasteiger partial charge in [-0.25, -0.2) is 4.98 Å². The quantitative estimate of drug-likeness (QED) is 0.884. The van der Waals surface area contributed by atoms with E-state index >= 15 is 0 Å². The third-order valence-electron chi connectivity index (χ3n) is 4.75. The van der Waals surface area contributed by atoms with E-state index in [1.54, 1.807) is 0 Å². The Bertz CT molecular complexity index is 715. The van der Waals surface area contributed by atoms with E-state index in [2.05, 4.69) is 40.6 Å². The first-order valence-electron chi connectivity index (χ1n) is 8.47. The van der Waals surface area contributed by atoms with E-state index in [0.29, 0.717) is 11.4 Å². The van der Waals surface area contributed by atoms with Crippen molar-refractivity contribution in [3.05, 3.63) is 40.4 Å². The van der Waals surface area contributed by atoms with Crippen LogP contribution in [0.2, 0.25) is 0 Å². The average Bonchev–Trinajstić information content (AvgIpc) is 3.02. The summed E-state index contributed by atoms with van der Waals surface area (Å²) in [7, 11) is 2.20. The maximum atomic E-state index is 12.1. The number of likely N-dealkylation sites (N-methyl/N-ethyl adjacent to an activating group) is 1. The molecule has 5 heteroatoms. The monoisotopic (exact) mass is 331 g/mol. The normalized spacial score (nSPS) is 21.3. The maximum Gasteiger partial charge on any atom is 0.258 e. The summed E-state index contributed by atoms with van der Waals surface area (Å²) < 4.78 is 0. The summed E-state index contributed by atoms with van der Waals surface area (Å²) in [5, 5.41) is 1.49. The Morgan fingerprint density at radius 2 is 2.17 bits per heavy atom. The summed E-state index contributed by atoms with van der Waals surface area (Å²) >= 11 is 2.09. The highest BCUT2D eigenvalue weighted by molar-refractivity contribution is 7.99. The molecule has 1 aliphatic rings. The van der Waals surface area contributed by atoms with Gasteiger partial charge < -0.3 is 9.88 Å². The van der Waals surface area contributed by atoms with Crippen molar-refractivity contribution in [3.63, 3.8) is 0 Å². The van der Waals surface area contributed by atoms with Gasteiger partial charge >= 0.3 is 0 Å². The Labute approximate surface area is 141 Å². The van der Waals surface area contributed by atoms with E-state index in [4.69, 9.17) is 0 Å². The smallest absolute Gasteiger partial charge is 0.258 e. The fourth-order valence-corrected chi connectivity index (χ4v) is 4.56. The summed E-state index contributed by atoms with van der Waals surface area (Å²) in [6.07, 6.45) is 4.70. The van der Waals surface area contributed by atoms with Crippen molar-refractivity contribution in [3.8, 4) is 0 Å². The molecule has 1 fully saturated rings. The van der Waals surface area contributed by atoms with Crippen molar-refractivity contribution < 1.29 is 0 Å². The van der Waals surface area contributed by atoms with Gasteiger partial charge in [0.05, 0.1) is 10.9 Å². The Hall–Kier alpha value is -1.33. The first kappa shape index (κ1) is 16.5. The molecule has 1 heterocycles. The van der Waals surface area contributed by atoms with Gasteiger partial charge in [0.2, 0.25) is 0 Å². The zero-order chi connectivity index (χ0) is 16.2. The number of benzene rings is 1. The molecule has 0 amide bonds. The molecule has 4 nitrogen and oxygen atoms in total. The molecule has 0 bridgehead atoms. The lowest BCUT2D eigenvalue weighted by Gasteiger charge is -2.24. The van der Waals surface area contributed by atoms with E-state index in [9.17, 15) is 4.79 Å². The fourth-order valence-electron chi connectivity index (χ4n) is 3.42. The lowest BCUT2D eigenvalue weighted by Crippen LogP contribution is -2.32. The number of aromatic amines is 1. The van der Waals surface area contributed by atoms with Gasteiger partial charge in [-0.1, -0.05) is 19.1 Å². The first-order valence-corrected chi connectivity index (χ1v) is 9.52. The number of hydrogen-bond acceptors (Lipinski definition) is 4. The zero-order valence-corrected chi connectivity index (χ0v) is 14.7. The van der Waals surface area contributed by atoms with Crippen molar-refractivity contribution in [2.45, 2.75) is 43.9 Å². The van der Waals surface area contributed by atoms with Gasteiger partial charge in [-0.2, -0.15) is 11.8 Å². The topological polar surface area (TPSA) is 49.0 Å². The molecule has 1 N–H and O–H groups in total. The highest BCUT2D eigenvalue weighted by Crippen LogP contribution is 2.32. The van der Waals surface area contributed by atoms with Gasteiger partial charge in [-0.15, -0.1) is 0 Å². The lowest BCUT2D eigenvalue weighted by molar-refractivity contribution is 0.247. The molecular weight excluding hydrogens is 306 g/mol. The van der Waals surface area contributed by atoms with Gasteiger partial charge in [0.15, 0.2) is 0 Å². The van der Waals surface area contributed by atoms with Crippen molar-refractivity contribution in [1.82, 2.24) is 14.9 Å². The molecule has 1 aromatic heterocycles. The van der Waals surface area contributed by atoms with Crippen molar-refractivity contribution in [2.75, 3.05) is 19.3 Å². The highest BCUT2D eigenvalue weighted by Gasteiger charge is 2.27. The van der Waals surface area contributed by atoms with Crippen LogP contribution in [0.5, 0.6) is 0 Å². The molecule has 3 rings (SSSR count). The molecule has 23 heavy (non-hydrogen) atoms. The number of H-pyrrole nitrogens is 1. The fraction of sp³-hybridized carbons (Fsp3) is 0.556. The molecule has 1 saturated carbocycles. The molecule has 2 atom stereocenters. The number of hydrogen-bond donors (Lipinski definition) is 1. The Morgan fingerprint density at radius 3 is 3.00 bits per heavy atom. The van der Waals surface area contributed by atoms with Gasteiger partial charge in [-0.05, 0) is 44.2 Å². The van der Waals surface area contributed by atoms with Crippen LogP contribution >= 0.6 is 11.8 Å². The second-order valence-electron chi connectivity index (χ2n) is 6.30. The Balaban J connectivity index is 1.61. The SMILES string of the molecule is CCS[C@H]1CC[C@H](N(C)CCc2nc3ccccc3c(=O)[nH]2)C1. The van der Waals surface area contributed by atoms with Crippen LogP contribution in [-0.2, 0) is 6.42 Å². The average molecular weight is 331 g/mol. The largest absolute Gasteiger partial charge is 0.310 e. The number of thioether (sulfide) groups is 1. The van der Waals surface area contributed by atoms with Crippen LogP contribution in [0.4, 0.5) is 0 Å². The number of fused-ring (bicyclic) bond motifs is 1. The molecule has 0 aliphatic heterocycles. The Morgan fingerprint density at radius 1 is 1.35 bits per heavy atom. The van der Waals surface area contributed by atoms with E-state index in [-0.39, 0.29) is 5.56 Å². The summed E-state index contributed by atoms with van der Waals surface area (Å²) in [6, 6.07) is 8.19. The van der Waals surface area contributed by atoms with Crippen LogP contribution in [0.25, 0.3) is 10.9 Å². The van der Waals surface area contributed by atoms with Crippen LogP contribution in [0.3, 0.4) is 0 Å². The molecule has 0 radical (unpaired) electrons. The van der Waals surface area contributed by atoms with Gasteiger partial charge in [0, 0.05) is 24.3 Å². The molecule has 1 aromatic carbocycles. The second kappa shape index (κ2) is 7.49. The van der Waals surface area contributed by atoms with Crippen LogP contribution in [0, 0.1) is 0 Å². The molecule has 124 valence electrons. The predicted molar refractivity (Wildman–Crippen MR) is 98.3 cm³/mol. The minimum Gasteiger partial charge on any atom is -0.310 e. The lowest BCUT2D eigenvalue weighted by atomic mass is 10.2. The van der Waals surface area contributed by atoms with Crippen LogP contribution in [0.1, 0.15) is 32.0 Å². The Kier molecular flexibility index (Phi) is 5.38. The van der Waals surface area contributed by atoms with E-state index in [1.807, 2.05) is 24.3 Å². The third kappa shape index (κ3) is 3.96. The molecule has 0 spiro atoms. The summed E-state index contributed by atoms with van der Waals surface area (Å²) in [4.78, 5) is 22.1. The van der Waals surface area contributed by atoms with E-state index in [0.717, 1.165) is 29.6 Å². The molecule has 0 unspecified atom stereocenters. The maximum absolute atomic E-state index is 12.1. The van der Waals surface area contributed by atoms with E-state index < -0.39 is 0 Å². The number of nitrogens with zero attached hydrogens (tertiary/aromatic N) is 2. The molecule has 1 aliphatic carbocycles. The van der Waals surface area contributed by atoms with Gasteiger partial charge in [0.1, 0.15) is 5.82 Å². The minimum atomic E-state index is -0.0338. The number of nitrogens with one attached hydrogen (secondary N) is 1. The molecular formula is C18H25N3OS. The van der Waals surface area contributed by atoms with Crippen LogP contribution in [-0.4, -0.2) is 45.5 Å². The predicted octanol–water partition coefficient (Wildman–Crippen LogP) is 3.07. The van der Waals surface area contributed by atoms with Gasteiger partial charge in [0.25, 0.3) is 5.56 Å². The second-order valence-corrected chi connectivity index (χ2v) is 7.88. The summed E-state index contributed by atoms with van der Waals surface area (Å²) in [6.45, 7) is 3.18. The summed E-state index contributed by atoms with van der Waals surface area (Å²) in [5.74, 6) is 2.00. The van der Waals surface area contributed by atoms with Crippen molar-refractivity contribution in [2.24, 2.45) is 0 Å². The minimum absolute atomic E-state index is 0.0338. The number of aromatic nitrogens is 2. The van der Waals surface area contributed by atoms with Gasteiger partial charge in [-0.3, -0.25) is 4.79 Å². The zero-order valence-electron chi connectivity index (χ0n) is 13.9. The van der Waals surface area contributed by atoms with Crippen molar-refractivity contribution in [1.29, 1.82) is 0 Å². The molecule has 0 saturated heterocycles. The van der Waals surface area contributed by atoms with E-state index in [1.165, 1.54) is 25.0 Å². The summed E-state index contributed by atoms with van der Waals surface area (Å²) in [5.41, 5.74) is 0.753. The number of rotatable bonds is 6. The van der Waals surface area contributed by atoms with Crippen LogP contribution in [0.15, 0.2) is 29.1 Å². The number of para-hydroxylation sites is 1. The first-order chi connectivity index (χ1) is 11.2. The highest BCUT2D eigenvalue weighted by atomic mass is 32.2. The third-order valence-corrected chi connectivity index (χ3v) is 5.98. The van der Waals surface area contributed by atoms with Crippen LogP contribution < -0.4 is 5.56 Å².